The first-order valence-electron chi connectivity index (χ1n) is 11.2. The number of para-hydroxylation sites is 1. The SMILES string of the molecule is C#CC(CCCc1cccc(Oc2ccccc2)c1)(c1ccc(OCC=C)cc1)C(C)C. The Labute approximate surface area is 192 Å². The van der Waals surface area contributed by atoms with Crippen LogP contribution in [0.5, 0.6) is 17.2 Å². The van der Waals surface area contributed by atoms with Crippen molar-refractivity contribution in [2.24, 2.45) is 5.92 Å². The molecule has 0 radical (unpaired) electrons. The fourth-order valence-corrected chi connectivity index (χ4v) is 4.05. The Morgan fingerprint density at radius 3 is 2.31 bits per heavy atom. The van der Waals surface area contributed by atoms with Crippen molar-refractivity contribution in [2.75, 3.05) is 6.61 Å². The second-order valence-electron chi connectivity index (χ2n) is 8.31. The summed E-state index contributed by atoms with van der Waals surface area (Å²) >= 11 is 0. The highest BCUT2D eigenvalue weighted by Crippen LogP contribution is 2.38. The molecule has 0 saturated heterocycles. The topological polar surface area (TPSA) is 18.5 Å². The summed E-state index contributed by atoms with van der Waals surface area (Å²) in [6.07, 6.45) is 10.7. The molecule has 32 heavy (non-hydrogen) atoms. The van der Waals surface area contributed by atoms with Crippen LogP contribution in [-0.2, 0) is 11.8 Å². The molecule has 2 heteroatoms. The summed E-state index contributed by atoms with van der Waals surface area (Å²) in [5, 5.41) is 0. The number of hydrogen-bond acceptors (Lipinski definition) is 2. The maximum Gasteiger partial charge on any atom is 0.127 e. The van der Waals surface area contributed by atoms with Crippen LogP contribution in [0.3, 0.4) is 0 Å². The molecular weight excluding hydrogens is 392 g/mol. The normalized spacial score (nSPS) is 12.6. The van der Waals surface area contributed by atoms with Crippen molar-refractivity contribution in [1.82, 2.24) is 0 Å². The lowest BCUT2D eigenvalue weighted by Crippen LogP contribution is -2.30. The maximum atomic E-state index is 6.13. The number of ether oxygens (including phenoxy) is 2. The van der Waals surface area contributed by atoms with E-state index in [1.54, 1.807) is 6.08 Å². The molecule has 1 unspecified atom stereocenters. The average Bonchev–Trinajstić information content (AvgIpc) is 2.82. The molecule has 0 aliphatic heterocycles. The molecule has 3 aromatic rings. The van der Waals surface area contributed by atoms with Crippen LogP contribution in [0.4, 0.5) is 0 Å². The molecule has 0 N–H and O–H groups in total. The number of hydrogen-bond donors (Lipinski definition) is 0. The highest BCUT2D eigenvalue weighted by atomic mass is 16.5. The zero-order chi connectivity index (χ0) is 22.8. The van der Waals surface area contributed by atoms with E-state index in [4.69, 9.17) is 15.9 Å². The van der Waals surface area contributed by atoms with Crippen molar-refractivity contribution in [3.05, 3.63) is 103 Å². The van der Waals surface area contributed by atoms with Gasteiger partial charge in [-0.2, -0.15) is 0 Å². The van der Waals surface area contributed by atoms with Crippen LogP contribution in [0, 0.1) is 18.3 Å². The largest absolute Gasteiger partial charge is 0.490 e. The second-order valence-corrected chi connectivity index (χ2v) is 8.31. The second kappa shape index (κ2) is 11.3. The molecule has 3 rings (SSSR count). The molecular formula is C30H32O2. The molecule has 1 atom stereocenters. The lowest BCUT2D eigenvalue weighted by Gasteiger charge is -2.33. The number of terminal acetylenes is 1. The van der Waals surface area contributed by atoms with Crippen LogP contribution in [-0.4, -0.2) is 6.61 Å². The van der Waals surface area contributed by atoms with Gasteiger partial charge in [0.2, 0.25) is 0 Å². The molecule has 0 aliphatic carbocycles. The fourth-order valence-electron chi connectivity index (χ4n) is 4.05. The van der Waals surface area contributed by atoms with E-state index in [0.717, 1.165) is 36.5 Å². The van der Waals surface area contributed by atoms with Gasteiger partial charge in [-0.05, 0) is 72.7 Å². The third kappa shape index (κ3) is 5.83. The summed E-state index contributed by atoms with van der Waals surface area (Å²) in [4.78, 5) is 0. The van der Waals surface area contributed by atoms with Crippen LogP contribution in [0.25, 0.3) is 0 Å². The van der Waals surface area contributed by atoms with Gasteiger partial charge >= 0.3 is 0 Å². The first-order valence-corrected chi connectivity index (χ1v) is 11.2. The van der Waals surface area contributed by atoms with Crippen molar-refractivity contribution < 1.29 is 9.47 Å². The van der Waals surface area contributed by atoms with Gasteiger partial charge < -0.3 is 9.47 Å². The third-order valence-corrected chi connectivity index (χ3v) is 5.89. The van der Waals surface area contributed by atoms with Gasteiger partial charge in [-0.25, -0.2) is 0 Å². The predicted octanol–water partition coefficient (Wildman–Crippen LogP) is 7.59. The highest BCUT2D eigenvalue weighted by Gasteiger charge is 2.33. The lowest BCUT2D eigenvalue weighted by atomic mass is 9.69. The molecule has 2 nitrogen and oxygen atoms in total. The van der Waals surface area contributed by atoms with Gasteiger partial charge in [-0.1, -0.05) is 74.9 Å². The molecule has 0 aliphatic rings. The van der Waals surface area contributed by atoms with E-state index in [1.165, 1.54) is 11.1 Å². The van der Waals surface area contributed by atoms with Gasteiger partial charge in [-0.15, -0.1) is 6.42 Å². The lowest BCUT2D eigenvalue weighted by molar-refractivity contribution is 0.356. The van der Waals surface area contributed by atoms with E-state index in [2.05, 4.69) is 50.6 Å². The Hall–Kier alpha value is -3.44. The van der Waals surface area contributed by atoms with Crippen molar-refractivity contribution in [1.29, 1.82) is 0 Å². The van der Waals surface area contributed by atoms with Crippen molar-refractivity contribution >= 4 is 0 Å². The quantitative estimate of drug-likeness (QED) is 0.233. The first-order chi connectivity index (χ1) is 15.6. The van der Waals surface area contributed by atoms with Crippen molar-refractivity contribution in [3.8, 4) is 29.6 Å². The van der Waals surface area contributed by atoms with E-state index in [0.29, 0.717) is 12.5 Å². The van der Waals surface area contributed by atoms with Crippen LogP contribution < -0.4 is 9.47 Å². The minimum absolute atomic E-state index is 0.310. The Morgan fingerprint density at radius 2 is 1.66 bits per heavy atom. The van der Waals surface area contributed by atoms with Crippen molar-refractivity contribution in [2.45, 2.75) is 38.5 Å². The van der Waals surface area contributed by atoms with Crippen LogP contribution in [0.2, 0.25) is 0 Å². The summed E-state index contributed by atoms with van der Waals surface area (Å²) in [5.74, 6) is 6.00. The Bertz CT molecular complexity index is 1030. The Balaban J connectivity index is 1.68. The molecule has 3 aromatic carbocycles. The van der Waals surface area contributed by atoms with Gasteiger partial charge in [0.15, 0.2) is 0 Å². The molecule has 0 heterocycles. The predicted molar refractivity (Wildman–Crippen MR) is 133 cm³/mol. The average molecular weight is 425 g/mol. The van der Waals surface area contributed by atoms with Gasteiger partial charge in [-0.3, -0.25) is 0 Å². The zero-order valence-electron chi connectivity index (χ0n) is 19.1. The van der Waals surface area contributed by atoms with Gasteiger partial charge in [0, 0.05) is 0 Å². The van der Waals surface area contributed by atoms with E-state index in [1.807, 2.05) is 54.6 Å². The Kier molecular flexibility index (Phi) is 8.17. The highest BCUT2D eigenvalue weighted by molar-refractivity contribution is 5.39. The third-order valence-electron chi connectivity index (χ3n) is 5.89. The Morgan fingerprint density at radius 1 is 0.938 bits per heavy atom. The molecule has 0 aromatic heterocycles. The number of aryl methyl sites for hydroxylation is 1. The molecule has 0 saturated carbocycles. The fraction of sp³-hybridized carbons (Fsp3) is 0.267. The molecule has 0 amide bonds. The minimum atomic E-state index is -0.310. The summed E-state index contributed by atoms with van der Waals surface area (Å²) in [5.41, 5.74) is 2.11. The van der Waals surface area contributed by atoms with Crippen LogP contribution in [0.1, 0.15) is 37.8 Å². The molecule has 0 fully saturated rings. The maximum absolute atomic E-state index is 6.13. The van der Waals surface area contributed by atoms with Gasteiger partial charge in [0.05, 0.1) is 5.41 Å². The van der Waals surface area contributed by atoms with Gasteiger partial charge in [0.1, 0.15) is 23.9 Å². The summed E-state index contributed by atoms with van der Waals surface area (Å²) in [6.45, 7) is 8.60. The monoisotopic (exact) mass is 424 g/mol. The summed E-state index contributed by atoms with van der Waals surface area (Å²) < 4.78 is 11.6. The standard InChI is InChI=1S/C30H32O2/c1-5-22-31-27-19-17-26(18-20-27)30(6-2,24(3)4)21-11-13-25-12-10-16-29(23-25)32-28-14-8-7-9-15-28/h2,5,7-10,12,14-20,23-24H,1,11,13,21-22H2,3-4H3. The van der Waals surface area contributed by atoms with Gasteiger partial charge in [0.25, 0.3) is 0 Å². The van der Waals surface area contributed by atoms with E-state index in [9.17, 15) is 0 Å². The molecule has 164 valence electrons. The van der Waals surface area contributed by atoms with Crippen LogP contribution >= 0.6 is 0 Å². The summed E-state index contributed by atoms with van der Waals surface area (Å²) in [7, 11) is 0. The van der Waals surface area contributed by atoms with Crippen molar-refractivity contribution in [3.63, 3.8) is 0 Å². The number of benzene rings is 3. The smallest absolute Gasteiger partial charge is 0.127 e. The van der Waals surface area contributed by atoms with E-state index in [-0.39, 0.29) is 5.41 Å². The number of rotatable bonds is 11. The molecule has 0 bridgehead atoms. The van der Waals surface area contributed by atoms with E-state index < -0.39 is 0 Å². The van der Waals surface area contributed by atoms with E-state index >= 15 is 0 Å². The zero-order valence-corrected chi connectivity index (χ0v) is 19.1. The molecule has 0 spiro atoms. The van der Waals surface area contributed by atoms with Crippen LogP contribution in [0.15, 0.2) is 91.5 Å². The first kappa shape index (κ1) is 23.2. The minimum Gasteiger partial charge on any atom is -0.490 e. The summed E-state index contributed by atoms with van der Waals surface area (Å²) in [6, 6.07) is 26.4.